The van der Waals surface area contributed by atoms with Crippen molar-refractivity contribution < 1.29 is 9.53 Å². The zero-order chi connectivity index (χ0) is 10.6. The van der Waals surface area contributed by atoms with Crippen LogP contribution in [0, 0.1) is 0 Å². The van der Waals surface area contributed by atoms with Crippen molar-refractivity contribution >= 4 is 29.5 Å². The minimum absolute atomic E-state index is 0.426. The van der Waals surface area contributed by atoms with Crippen molar-refractivity contribution in [3.8, 4) is 0 Å². The monoisotopic (exact) mass is 232 g/mol. The Morgan fingerprint density at radius 2 is 2.29 bits per heavy atom. The molecule has 1 aliphatic rings. The number of halogens is 2. The topological polar surface area (TPSA) is 26.3 Å². The van der Waals surface area contributed by atoms with Crippen molar-refractivity contribution in [1.29, 1.82) is 0 Å². The number of ether oxygens (including phenoxy) is 1. The summed E-state index contributed by atoms with van der Waals surface area (Å²) in [6.45, 7) is 1.80. The number of aldehydes is 1. The van der Waals surface area contributed by atoms with Crippen molar-refractivity contribution in [1.82, 2.24) is 0 Å². The second-order valence-corrected chi connectivity index (χ2v) is 4.25. The fourth-order valence-electron chi connectivity index (χ4n) is 1.11. The van der Waals surface area contributed by atoms with Gasteiger partial charge < -0.3 is 4.74 Å². The van der Waals surface area contributed by atoms with Gasteiger partial charge in [0.15, 0.2) is 10.4 Å². The summed E-state index contributed by atoms with van der Waals surface area (Å²) in [5.74, 6) is 0. The molecule has 0 amide bonds. The Hall–Kier alpha value is -0.730. The Morgan fingerprint density at radius 1 is 1.57 bits per heavy atom. The van der Waals surface area contributed by atoms with E-state index >= 15 is 0 Å². The lowest BCUT2D eigenvalue weighted by Gasteiger charge is -2.28. The lowest BCUT2D eigenvalue weighted by molar-refractivity contribution is -0.105. The molecule has 0 aromatic carbocycles. The smallest absolute Gasteiger partial charge is 0.177 e. The molecule has 0 spiro atoms. The average Bonchev–Trinajstić information content (AvgIpc) is 2.14. The first kappa shape index (κ1) is 11.3. The van der Waals surface area contributed by atoms with Crippen LogP contribution in [0.2, 0.25) is 0 Å². The third-order valence-electron chi connectivity index (χ3n) is 1.75. The van der Waals surface area contributed by atoms with Crippen molar-refractivity contribution in [2.75, 3.05) is 0 Å². The average molecular weight is 233 g/mol. The van der Waals surface area contributed by atoms with Gasteiger partial charge >= 0.3 is 0 Å². The maximum atomic E-state index is 10.7. The van der Waals surface area contributed by atoms with Gasteiger partial charge in [0.2, 0.25) is 0 Å². The van der Waals surface area contributed by atoms with Gasteiger partial charge in [-0.3, -0.25) is 4.79 Å². The van der Waals surface area contributed by atoms with E-state index in [1.165, 1.54) is 6.26 Å². The summed E-state index contributed by atoms with van der Waals surface area (Å²) in [5, 5.41) is 0. The summed E-state index contributed by atoms with van der Waals surface area (Å²) in [4.78, 5) is 10.7. The van der Waals surface area contributed by atoms with E-state index in [1.54, 1.807) is 31.2 Å². The summed E-state index contributed by atoms with van der Waals surface area (Å²) >= 11 is 11.9. The van der Waals surface area contributed by atoms with Crippen LogP contribution in [-0.2, 0) is 9.53 Å². The van der Waals surface area contributed by atoms with Crippen LogP contribution in [0.3, 0.4) is 0 Å². The van der Waals surface area contributed by atoms with E-state index in [0.717, 1.165) is 0 Å². The molecule has 0 aromatic heterocycles. The van der Waals surface area contributed by atoms with E-state index in [-0.39, 0.29) is 0 Å². The Labute approximate surface area is 92.8 Å². The number of alkyl halides is 2. The molecule has 1 unspecified atom stereocenters. The predicted octanol–water partition coefficient (Wildman–Crippen LogP) is 2.77. The van der Waals surface area contributed by atoms with Gasteiger partial charge in [-0.25, -0.2) is 0 Å². The van der Waals surface area contributed by atoms with Gasteiger partial charge in [0, 0.05) is 5.57 Å². The molecule has 0 fully saturated rings. The Kier molecular flexibility index (Phi) is 3.78. The maximum absolute atomic E-state index is 10.7. The summed E-state index contributed by atoms with van der Waals surface area (Å²) in [6.07, 6.45) is 8.05. The molecule has 0 saturated heterocycles. The number of hydrogen-bond donors (Lipinski definition) is 0. The fraction of sp³-hybridized carbons (Fsp3) is 0.300. The second kappa shape index (κ2) is 4.67. The molecule has 0 radical (unpaired) electrons. The summed E-state index contributed by atoms with van der Waals surface area (Å²) < 4.78 is 4.07. The van der Waals surface area contributed by atoms with Gasteiger partial charge in [-0.05, 0) is 13.0 Å². The molecule has 2 nitrogen and oxygen atoms in total. The van der Waals surface area contributed by atoms with E-state index in [4.69, 9.17) is 27.9 Å². The summed E-state index contributed by atoms with van der Waals surface area (Å²) in [5.41, 5.74) is 0.426. The highest BCUT2D eigenvalue weighted by Crippen LogP contribution is 2.35. The van der Waals surface area contributed by atoms with Crippen molar-refractivity contribution in [2.24, 2.45) is 0 Å². The van der Waals surface area contributed by atoms with Crippen LogP contribution < -0.4 is 0 Å². The molecule has 0 saturated carbocycles. The highest BCUT2D eigenvalue weighted by atomic mass is 35.5. The van der Waals surface area contributed by atoms with Crippen molar-refractivity contribution in [2.45, 2.75) is 17.4 Å². The molecule has 4 heteroatoms. The van der Waals surface area contributed by atoms with Gasteiger partial charge in [-0.15, -0.1) is 0 Å². The fourth-order valence-corrected chi connectivity index (χ4v) is 1.61. The SMILES string of the molecule is CC=COC1C(C=O)=CC=CC1(Cl)Cl. The molecular formula is C10H10Cl2O2. The maximum Gasteiger partial charge on any atom is 0.177 e. The summed E-state index contributed by atoms with van der Waals surface area (Å²) in [6, 6.07) is 0. The van der Waals surface area contributed by atoms with Crippen LogP contribution in [0.4, 0.5) is 0 Å². The lowest BCUT2D eigenvalue weighted by Crippen LogP contribution is -2.34. The van der Waals surface area contributed by atoms with Crippen LogP contribution in [0.1, 0.15) is 6.92 Å². The number of rotatable bonds is 3. The number of allylic oxidation sites excluding steroid dienone is 3. The second-order valence-electron chi connectivity index (χ2n) is 2.80. The van der Waals surface area contributed by atoms with E-state index in [2.05, 4.69) is 0 Å². The molecule has 76 valence electrons. The van der Waals surface area contributed by atoms with Crippen molar-refractivity contribution in [3.05, 3.63) is 36.1 Å². The van der Waals surface area contributed by atoms with Crippen molar-refractivity contribution in [3.63, 3.8) is 0 Å². The number of carbonyl (C=O) groups is 1. The molecular weight excluding hydrogens is 223 g/mol. The minimum Gasteiger partial charge on any atom is -0.490 e. The molecule has 0 aromatic rings. The standard InChI is InChI=1S/C10H10Cl2O2/c1-2-6-14-9-8(7-13)4-3-5-10(9,11)12/h2-7,9H,1H3. The summed E-state index contributed by atoms with van der Waals surface area (Å²) in [7, 11) is 0. The molecule has 1 atom stereocenters. The molecule has 0 N–H and O–H groups in total. The normalized spacial score (nSPS) is 24.8. The van der Waals surface area contributed by atoms with E-state index in [9.17, 15) is 4.79 Å². The number of carbonyl (C=O) groups excluding carboxylic acids is 1. The van der Waals surface area contributed by atoms with Gasteiger partial charge in [0.1, 0.15) is 6.29 Å². The van der Waals surface area contributed by atoms with Crippen LogP contribution in [-0.4, -0.2) is 16.7 Å². The largest absolute Gasteiger partial charge is 0.490 e. The Morgan fingerprint density at radius 3 is 2.86 bits per heavy atom. The lowest BCUT2D eigenvalue weighted by atomic mass is 10.0. The first-order valence-electron chi connectivity index (χ1n) is 4.11. The molecule has 1 rings (SSSR count). The minimum atomic E-state index is -1.19. The highest BCUT2D eigenvalue weighted by Gasteiger charge is 2.38. The van der Waals surface area contributed by atoms with Crippen LogP contribution >= 0.6 is 23.2 Å². The van der Waals surface area contributed by atoms with Crippen LogP contribution in [0.15, 0.2) is 36.1 Å². The predicted molar refractivity (Wildman–Crippen MR) is 57.4 cm³/mol. The van der Waals surface area contributed by atoms with E-state index in [0.29, 0.717) is 11.9 Å². The Bertz CT molecular complexity index is 303. The first-order valence-corrected chi connectivity index (χ1v) is 4.86. The van der Waals surface area contributed by atoms with Gasteiger partial charge in [-0.1, -0.05) is 41.4 Å². The third kappa shape index (κ3) is 2.40. The molecule has 0 aliphatic heterocycles. The zero-order valence-corrected chi connectivity index (χ0v) is 9.13. The molecule has 0 bridgehead atoms. The molecule has 1 aliphatic carbocycles. The highest BCUT2D eigenvalue weighted by molar-refractivity contribution is 6.50. The van der Waals surface area contributed by atoms with Crippen LogP contribution in [0.5, 0.6) is 0 Å². The first-order chi connectivity index (χ1) is 6.61. The van der Waals surface area contributed by atoms with Crippen LogP contribution in [0.25, 0.3) is 0 Å². The van der Waals surface area contributed by atoms with E-state index < -0.39 is 10.4 Å². The zero-order valence-electron chi connectivity index (χ0n) is 7.61. The van der Waals surface area contributed by atoms with Gasteiger partial charge in [0.25, 0.3) is 0 Å². The van der Waals surface area contributed by atoms with E-state index in [1.807, 2.05) is 0 Å². The Balaban J connectivity index is 2.90. The van der Waals surface area contributed by atoms with Gasteiger partial charge in [-0.2, -0.15) is 0 Å². The number of hydrogen-bond acceptors (Lipinski definition) is 2. The quantitative estimate of drug-likeness (QED) is 0.425. The third-order valence-corrected chi connectivity index (χ3v) is 2.39. The molecule has 0 heterocycles. The van der Waals surface area contributed by atoms with Gasteiger partial charge in [0.05, 0.1) is 6.26 Å². The molecule has 14 heavy (non-hydrogen) atoms.